The fourth-order valence-corrected chi connectivity index (χ4v) is 2.60. The molecule has 0 saturated carbocycles. The van der Waals surface area contributed by atoms with Crippen molar-refractivity contribution in [2.24, 2.45) is 0 Å². The third-order valence-corrected chi connectivity index (χ3v) is 3.90. The molecule has 0 unspecified atom stereocenters. The van der Waals surface area contributed by atoms with Gasteiger partial charge in [0.25, 0.3) is 0 Å². The maximum Gasteiger partial charge on any atom is 0.245 e. The van der Waals surface area contributed by atoms with E-state index in [0.29, 0.717) is 13.0 Å². The van der Waals surface area contributed by atoms with Gasteiger partial charge in [-0.05, 0) is 22.1 Å². The Morgan fingerprint density at radius 1 is 1.16 bits per heavy atom. The van der Waals surface area contributed by atoms with E-state index in [1.165, 1.54) is 11.0 Å². The minimum absolute atomic E-state index is 0.151. The van der Waals surface area contributed by atoms with Crippen molar-refractivity contribution in [1.82, 2.24) is 25.5 Å². The number of tetrazole rings is 1. The molecule has 1 atom stereocenters. The van der Waals surface area contributed by atoms with Crippen molar-refractivity contribution in [3.63, 3.8) is 0 Å². The molecule has 1 amide bonds. The molecule has 0 bridgehead atoms. The van der Waals surface area contributed by atoms with E-state index in [9.17, 15) is 4.79 Å². The molecule has 0 aliphatic heterocycles. The second-order valence-electron chi connectivity index (χ2n) is 5.53. The van der Waals surface area contributed by atoms with E-state index in [2.05, 4.69) is 20.8 Å². The number of nitrogens with one attached hydrogen (secondary N) is 1. The van der Waals surface area contributed by atoms with E-state index >= 15 is 0 Å². The number of nitrogens with zero attached hydrogens (tertiary/aromatic N) is 4. The third kappa shape index (κ3) is 4.20. The highest BCUT2D eigenvalue weighted by Gasteiger charge is 2.22. The number of hydrogen-bond donors (Lipinski definition) is 1. The number of hydrogen-bond acceptors (Lipinski definition) is 5. The highest BCUT2D eigenvalue weighted by Crippen LogP contribution is 2.18. The molecule has 0 fully saturated rings. The summed E-state index contributed by atoms with van der Waals surface area (Å²) in [5.41, 5.74) is 1.95. The highest BCUT2D eigenvalue weighted by atomic mass is 16.5. The maximum absolute atomic E-state index is 12.8. The molecule has 1 N–H and O–H groups in total. The smallest absolute Gasteiger partial charge is 0.245 e. The van der Waals surface area contributed by atoms with Crippen LogP contribution in [0.5, 0.6) is 5.75 Å². The van der Waals surface area contributed by atoms with Crippen LogP contribution in [0, 0.1) is 0 Å². The standard InChI is InChI=1S/C18H19N5O2/c1-25-17-10-6-5-9-15(17)12-19-18(24)16(23-13-20-21-22-23)11-14-7-3-2-4-8-14/h2-10,13,16H,11-12H2,1H3,(H,19,24)/t16-/m0/s1. The summed E-state index contributed by atoms with van der Waals surface area (Å²) >= 11 is 0. The Morgan fingerprint density at radius 2 is 1.92 bits per heavy atom. The summed E-state index contributed by atoms with van der Waals surface area (Å²) in [5, 5.41) is 14.1. The number of para-hydroxylation sites is 1. The highest BCUT2D eigenvalue weighted by molar-refractivity contribution is 5.80. The molecule has 1 heterocycles. The summed E-state index contributed by atoms with van der Waals surface area (Å²) in [4.78, 5) is 12.8. The number of aromatic nitrogens is 4. The van der Waals surface area contributed by atoms with Gasteiger partial charge in [-0.1, -0.05) is 48.5 Å². The first-order chi connectivity index (χ1) is 12.3. The summed E-state index contributed by atoms with van der Waals surface area (Å²) in [6.45, 7) is 0.371. The zero-order chi connectivity index (χ0) is 17.5. The molecule has 128 valence electrons. The lowest BCUT2D eigenvalue weighted by molar-refractivity contribution is -0.124. The molecule has 3 rings (SSSR count). The topological polar surface area (TPSA) is 81.9 Å². The van der Waals surface area contributed by atoms with Crippen LogP contribution in [0.25, 0.3) is 0 Å². The van der Waals surface area contributed by atoms with Gasteiger partial charge >= 0.3 is 0 Å². The molecule has 7 nitrogen and oxygen atoms in total. The minimum Gasteiger partial charge on any atom is -0.496 e. The van der Waals surface area contributed by atoms with Gasteiger partial charge in [-0.15, -0.1) is 5.10 Å². The van der Waals surface area contributed by atoms with E-state index in [1.807, 2.05) is 54.6 Å². The molecule has 0 spiro atoms. The Labute approximate surface area is 145 Å². The molecular formula is C18H19N5O2. The van der Waals surface area contributed by atoms with Crippen molar-refractivity contribution in [2.45, 2.75) is 19.0 Å². The molecule has 0 aliphatic rings. The number of methoxy groups -OCH3 is 1. The van der Waals surface area contributed by atoms with E-state index in [-0.39, 0.29) is 5.91 Å². The number of carbonyl (C=O) groups is 1. The van der Waals surface area contributed by atoms with Crippen LogP contribution in [0.15, 0.2) is 60.9 Å². The van der Waals surface area contributed by atoms with Gasteiger partial charge in [0.2, 0.25) is 5.91 Å². The molecule has 25 heavy (non-hydrogen) atoms. The number of rotatable bonds is 7. The van der Waals surface area contributed by atoms with E-state index in [1.54, 1.807) is 7.11 Å². The first-order valence-electron chi connectivity index (χ1n) is 7.94. The Balaban J connectivity index is 1.73. The molecule has 1 aromatic heterocycles. The number of carbonyl (C=O) groups excluding carboxylic acids is 1. The van der Waals surface area contributed by atoms with Crippen LogP contribution in [0.1, 0.15) is 17.2 Å². The molecule has 0 radical (unpaired) electrons. The van der Waals surface area contributed by atoms with Crippen molar-refractivity contribution < 1.29 is 9.53 Å². The lowest BCUT2D eigenvalue weighted by Gasteiger charge is -2.17. The second kappa shape index (κ2) is 8.05. The predicted molar refractivity (Wildman–Crippen MR) is 91.8 cm³/mol. The SMILES string of the molecule is COc1ccccc1CNC(=O)[C@H](Cc1ccccc1)n1cnnn1. The number of benzene rings is 2. The Kier molecular flexibility index (Phi) is 5.36. The van der Waals surface area contributed by atoms with Crippen LogP contribution in [-0.4, -0.2) is 33.2 Å². The largest absolute Gasteiger partial charge is 0.496 e. The third-order valence-electron chi connectivity index (χ3n) is 3.90. The first kappa shape index (κ1) is 16.6. The van der Waals surface area contributed by atoms with Crippen molar-refractivity contribution >= 4 is 5.91 Å². The van der Waals surface area contributed by atoms with Gasteiger partial charge in [0, 0.05) is 18.5 Å². The Morgan fingerprint density at radius 3 is 2.64 bits per heavy atom. The van der Waals surface area contributed by atoms with Crippen molar-refractivity contribution in [3.8, 4) is 5.75 Å². The van der Waals surface area contributed by atoms with Gasteiger partial charge in [-0.2, -0.15) is 0 Å². The Hall–Kier alpha value is -3.22. The van der Waals surface area contributed by atoms with Crippen molar-refractivity contribution in [2.75, 3.05) is 7.11 Å². The van der Waals surface area contributed by atoms with Crippen LogP contribution in [0.4, 0.5) is 0 Å². The van der Waals surface area contributed by atoms with Crippen LogP contribution in [0.3, 0.4) is 0 Å². The van der Waals surface area contributed by atoms with Gasteiger partial charge in [-0.25, -0.2) is 4.68 Å². The van der Waals surface area contributed by atoms with Crippen LogP contribution < -0.4 is 10.1 Å². The van der Waals surface area contributed by atoms with Gasteiger partial charge in [0.1, 0.15) is 18.1 Å². The predicted octanol–water partition coefficient (Wildman–Crippen LogP) is 1.78. The summed E-state index contributed by atoms with van der Waals surface area (Å²) in [5.74, 6) is 0.590. The van der Waals surface area contributed by atoms with Crippen LogP contribution in [-0.2, 0) is 17.8 Å². The number of amides is 1. The van der Waals surface area contributed by atoms with Gasteiger partial charge < -0.3 is 10.1 Å². The second-order valence-corrected chi connectivity index (χ2v) is 5.53. The molecule has 0 aliphatic carbocycles. The lowest BCUT2D eigenvalue weighted by atomic mass is 10.1. The summed E-state index contributed by atoms with van der Waals surface area (Å²) < 4.78 is 6.79. The minimum atomic E-state index is -0.521. The van der Waals surface area contributed by atoms with Gasteiger partial charge in [-0.3, -0.25) is 4.79 Å². The average Bonchev–Trinajstić information content (AvgIpc) is 3.19. The van der Waals surface area contributed by atoms with Crippen LogP contribution >= 0.6 is 0 Å². The molecule has 0 saturated heterocycles. The van der Waals surface area contributed by atoms with Gasteiger partial charge in [0.15, 0.2) is 0 Å². The summed E-state index contributed by atoms with van der Waals surface area (Å²) in [6.07, 6.45) is 1.96. The first-order valence-corrected chi connectivity index (χ1v) is 7.94. The Bertz CT molecular complexity index is 805. The zero-order valence-corrected chi connectivity index (χ0v) is 13.9. The average molecular weight is 337 g/mol. The van der Waals surface area contributed by atoms with Crippen molar-refractivity contribution in [1.29, 1.82) is 0 Å². The normalized spacial score (nSPS) is 11.7. The van der Waals surface area contributed by atoms with Crippen molar-refractivity contribution in [3.05, 3.63) is 72.1 Å². The monoisotopic (exact) mass is 337 g/mol. The molecular weight excluding hydrogens is 318 g/mol. The van der Waals surface area contributed by atoms with Gasteiger partial charge in [0.05, 0.1) is 7.11 Å². The fraction of sp³-hybridized carbons (Fsp3) is 0.222. The maximum atomic E-state index is 12.8. The lowest BCUT2D eigenvalue weighted by Crippen LogP contribution is -2.34. The molecule has 3 aromatic rings. The van der Waals surface area contributed by atoms with E-state index < -0.39 is 6.04 Å². The summed E-state index contributed by atoms with van der Waals surface area (Å²) in [6, 6.07) is 16.8. The number of ether oxygens (including phenoxy) is 1. The van der Waals surface area contributed by atoms with E-state index in [0.717, 1.165) is 16.9 Å². The van der Waals surface area contributed by atoms with E-state index in [4.69, 9.17) is 4.74 Å². The van der Waals surface area contributed by atoms with Crippen LogP contribution in [0.2, 0.25) is 0 Å². The zero-order valence-electron chi connectivity index (χ0n) is 13.9. The fourth-order valence-electron chi connectivity index (χ4n) is 2.60. The molecule has 7 heteroatoms. The quantitative estimate of drug-likeness (QED) is 0.711. The summed E-state index contributed by atoms with van der Waals surface area (Å²) in [7, 11) is 1.61. The molecule has 2 aromatic carbocycles.